The van der Waals surface area contributed by atoms with Gasteiger partial charge in [-0.05, 0) is 45.8 Å². The fourth-order valence-electron chi connectivity index (χ4n) is 1.79. The van der Waals surface area contributed by atoms with Crippen molar-refractivity contribution in [3.05, 3.63) is 58.3 Å². The average molecular weight is 343 g/mol. The molecular formula is C14H13BrF2N2O. The van der Waals surface area contributed by atoms with Crippen molar-refractivity contribution in [1.29, 1.82) is 0 Å². The first kappa shape index (κ1) is 14.9. The van der Waals surface area contributed by atoms with Crippen LogP contribution in [0.4, 0.5) is 8.78 Å². The Morgan fingerprint density at radius 2 is 2.05 bits per heavy atom. The lowest BCUT2D eigenvalue weighted by atomic mass is 10.0. The van der Waals surface area contributed by atoms with Crippen LogP contribution >= 0.6 is 15.9 Å². The molecular weight excluding hydrogens is 330 g/mol. The second kappa shape index (κ2) is 6.76. The molecule has 0 radical (unpaired) electrons. The Morgan fingerprint density at radius 3 is 2.70 bits per heavy atom. The number of pyridine rings is 1. The Balaban J connectivity index is 2.08. The van der Waals surface area contributed by atoms with Crippen LogP contribution < -0.4 is 10.5 Å². The van der Waals surface area contributed by atoms with Gasteiger partial charge >= 0.3 is 6.61 Å². The van der Waals surface area contributed by atoms with Crippen LogP contribution in [0.2, 0.25) is 0 Å². The first-order chi connectivity index (χ1) is 9.54. The SMILES string of the molecule is NC(Cc1ccc(Br)cn1)c1cccc(OC(F)F)c1. The number of alkyl halides is 2. The van der Waals surface area contributed by atoms with Crippen molar-refractivity contribution < 1.29 is 13.5 Å². The van der Waals surface area contributed by atoms with Gasteiger partial charge in [0.2, 0.25) is 0 Å². The molecule has 2 rings (SSSR count). The van der Waals surface area contributed by atoms with Gasteiger partial charge in [-0.25, -0.2) is 0 Å². The molecule has 1 aromatic heterocycles. The van der Waals surface area contributed by atoms with E-state index in [0.29, 0.717) is 6.42 Å². The fourth-order valence-corrected chi connectivity index (χ4v) is 2.03. The molecule has 1 unspecified atom stereocenters. The number of rotatable bonds is 5. The standard InChI is InChI=1S/C14H13BrF2N2O/c15-10-4-5-11(19-8-10)7-13(18)9-2-1-3-12(6-9)20-14(16)17/h1-6,8,13-14H,7,18H2. The maximum atomic E-state index is 12.2. The number of nitrogens with two attached hydrogens (primary N) is 1. The zero-order chi connectivity index (χ0) is 14.5. The van der Waals surface area contributed by atoms with Gasteiger partial charge in [-0.2, -0.15) is 8.78 Å². The monoisotopic (exact) mass is 342 g/mol. The minimum absolute atomic E-state index is 0.108. The lowest BCUT2D eigenvalue weighted by molar-refractivity contribution is -0.0499. The van der Waals surface area contributed by atoms with Crippen LogP contribution in [-0.2, 0) is 6.42 Å². The zero-order valence-corrected chi connectivity index (χ0v) is 12.1. The van der Waals surface area contributed by atoms with Gasteiger partial charge in [0.15, 0.2) is 0 Å². The van der Waals surface area contributed by atoms with Crippen LogP contribution in [0.1, 0.15) is 17.3 Å². The number of benzene rings is 1. The first-order valence-corrected chi connectivity index (χ1v) is 6.74. The molecule has 0 amide bonds. The summed E-state index contributed by atoms with van der Waals surface area (Å²) >= 11 is 3.31. The van der Waals surface area contributed by atoms with Gasteiger partial charge in [0, 0.05) is 28.8 Å². The molecule has 0 saturated carbocycles. The minimum Gasteiger partial charge on any atom is -0.435 e. The van der Waals surface area contributed by atoms with E-state index in [1.165, 1.54) is 12.1 Å². The lowest BCUT2D eigenvalue weighted by Crippen LogP contribution is -2.14. The Labute approximate surface area is 123 Å². The van der Waals surface area contributed by atoms with Crippen LogP contribution in [0.5, 0.6) is 5.75 Å². The van der Waals surface area contributed by atoms with E-state index < -0.39 is 6.61 Å². The molecule has 0 fully saturated rings. The Bertz CT molecular complexity index is 563. The highest BCUT2D eigenvalue weighted by atomic mass is 79.9. The summed E-state index contributed by atoms with van der Waals surface area (Å²) in [6.07, 6.45) is 2.21. The van der Waals surface area contributed by atoms with Gasteiger partial charge < -0.3 is 10.5 Å². The molecule has 0 saturated heterocycles. The molecule has 0 aliphatic heterocycles. The molecule has 0 aliphatic carbocycles. The minimum atomic E-state index is -2.84. The van der Waals surface area contributed by atoms with Crippen LogP contribution in [0.15, 0.2) is 47.1 Å². The summed E-state index contributed by atoms with van der Waals surface area (Å²) in [7, 11) is 0. The van der Waals surface area contributed by atoms with Crippen LogP contribution in [-0.4, -0.2) is 11.6 Å². The van der Waals surface area contributed by atoms with E-state index in [1.807, 2.05) is 12.1 Å². The third kappa shape index (κ3) is 4.25. The molecule has 0 bridgehead atoms. The number of hydrogen-bond donors (Lipinski definition) is 1. The van der Waals surface area contributed by atoms with E-state index in [1.54, 1.807) is 18.3 Å². The third-order valence-electron chi connectivity index (χ3n) is 2.73. The van der Waals surface area contributed by atoms with Gasteiger partial charge in [0.25, 0.3) is 0 Å². The molecule has 2 aromatic rings. The third-order valence-corrected chi connectivity index (χ3v) is 3.20. The van der Waals surface area contributed by atoms with Crippen LogP contribution in [0.25, 0.3) is 0 Å². The highest BCUT2D eigenvalue weighted by Crippen LogP contribution is 2.22. The number of hydrogen-bond acceptors (Lipinski definition) is 3. The predicted octanol–water partition coefficient (Wildman–Crippen LogP) is 3.69. The van der Waals surface area contributed by atoms with Gasteiger partial charge in [0.1, 0.15) is 5.75 Å². The smallest absolute Gasteiger partial charge is 0.387 e. The van der Waals surface area contributed by atoms with Crippen molar-refractivity contribution in [2.24, 2.45) is 5.73 Å². The van der Waals surface area contributed by atoms with Gasteiger partial charge in [-0.15, -0.1) is 0 Å². The van der Waals surface area contributed by atoms with E-state index >= 15 is 0 Å². The molecule has 20 heavy (non-hydrogen) atoms. The molecule has 106 valence electrons. The van der Waals surface area contributed by atoms with Crippen molar-refractivity contribution in [3.8, 4) is 5.75 Å². The molecule has 2 N–H and O–H groups in total. The van der Waals surface area contributed by atoms with E-state index in [9.17, 15) is 8.78 Å². The Kier molecular flexibility index (Phi) is 5.03. The maximum Gasteiger partial charge on any atom is 0.387 e. The molecule has 3 nitrogen and oxygen atoms in total. The first-order valence-electron chi connectivity index (χ1n) is 5.95. The predicted molar refractivity (Wildman–Crippen MR) is 75.6 cm³/mol. The highest BCUT2D eigenvalue weighted by molar-refractivity contribution is 9.10. The normalized spacial score (nSPS) is 12.4. The molecule has 6 heteroatoms. The summed E-state index contributed by atoms with van der Waals surface area (Å²) in [5.41, 5.74) is 7.63. The molecule has 1 heterocycles. The summed E-state index contributed by atoms with van der Waals surface area (Å²) in [5.74, 6) is 0.108. The van der Waals surface area contributed by atoms with Crippen LogP contribution in [0.3, 0.4) is 0 Å². The van der Waals surface area contributed by atoms with E-state index in [-0.39, 0.29) is 11.8 Å². The lowest BCUT2D eigenvalue weighted by Gasteiger charge is -2.13. The van der Waals surface area contributed by atoms with Gasteiger partial charge in [-0.1, -0.05) is 12.1 Å². The second-order valence-corrected chi connectivity index (χ2v) is 5.15. The number of aromatic nitrogens is 1. The van der Waals surface area contributed by atoms with Crippen molar-refractivity contribution in [2.45, 2.75) is 19.1 Å². The van der Waals surface area contributed by atoms with E-state index in [2.05, 4.69) is 25.7 Å². The number of ether oxygens (including phenoxy) is 1. The molecule has 1 aromatic carbocycles. The summed E-state index contributed by atoms with van der Waals surface area (Å²) in [5, 5.41) is 0. The highest BCUT2D eigenvalue weighted by Gasteiger charge is 2.11. The zero-order valence-electron chi connectivity index (χ0n) is 10.5. The largest absolute Gasteiger partial charge is 0.435 e. The van der Waals surface area contributed by atoms with E-state index in [0.717, 1.165) is 15.7 Å². The summed E-state index contributed by atoms with van der Waals surface area (Å²) < 4.78 is 29.6. The van der Waals surface area contributed by atoms with Crippen molar-refractivity contribution in [2.75, 3.05) is 0 Å². The van der Waals surface area contributed by atoms with Crippen LogP contribution in [0, 0.1) is 0 Å². The Hall–Kier alpha value is -1.53. The quantitative estimate of drug-likeness (QED) is 0.901. The number of nitrogens with zero attached hydrogens (tertiary/aromatic N) is 1. The topological polar surface area (TPSA) is 48.1 Å². The summed E-state index contributed by atoms with van der Waals surface area (Å²) in [6.45, 7) is -2.84. The van der Waals surface area contributed by atoms with Gasteiger partial charge in [-0.3, -0.25) is 4.98 Å². The average Bonchev–Trinajstić information content (AvgIpc) is 2.41. The molecule has 0 aliphatic rings. The Morgan fingerprint density at radius 1 is 1.25 bits per heavy atom. The fraction of sp³-hybridized carbons (Fsp3) is 0.214. The molecule has 0 spiro atoms. The molecule has 1 atom stereocenters. The number of halogens is 3. The maximum absolute atomic E-state index is 12.2. The van der Waals surface area contributed by atoms with Gasteiger partial charge in [0.05, 0.1) is 0 Å². The van der Waals surface area contributed by atoms with E-state index in [4.69, 9.17) is 5.73 Å². The summed E-state index contributed by atoms with van der Waals surface area (Å²) in [6, 6.07) is 9.83. The van der Waals surface area contributed by atoms with Crippen molar-refractivity contribution in [3.63, 3.8) is 0 Å². The van der Waals surface area contributed by atoms with Crippen molar-refractivity contribution in [1.82, 2.24) is 4.98 Å². The van der Waals surface area contributed by atoms with Crippen molar-refractivity contribution >= 4 is 15.9 Å². The summed E-state index contributed by atoms with van der Waals surface area (Å²) in [4.78, 5) is 4.24. The second-order valence-electron chi connectivity index (χ2n) is 4.23.